The van der Waals surface area contributed by atoms with Crippen LogP contribution >= 0.6 is 0 Å². The zero-order chi connectivity index (χ0) is 25.9. The maximum atomic E-state index is 15.8. The molecule has 6 rings (SSSR count). The Morgan fingerprint density at radius 1 is 0.649 bits per heavy atom. The Balaban J connectivity index is 1.61. The third kappa shape index (κ3) is 3.76. The molecule has 4 aromatic carbocycles. The molecule has 0 fully saturated rings. The summed E-state index contributed by atoms with van der Waals surface area (Å²) < 4.78 is 34.2. The predicted octanol–water partition coefficient (Wildman–Crippen LogP) is 6.90. The van der Waals surface area contributed by atoms with Crippen LogP contribution in [0.5, 0.6) is 0 Å². The topological polar surface area (TPSA) is 3.88 Å². The minimum absolute atomic E-state index is 0.180. The van der Waals surface area contributed by atoms with Gasteiger partial charge in [-0.2, -0.15) is 0 Å². The molecule has 5 aromatic rings. The molecule has 0 unspecified atom stereocenters. The number of aryl methyl sites for hydroxylation is 2. The number of halogens is 2. The predicted molar refractivity (Wildman–Crippen MR) is 151 cm³/mol. The van der Waals surface area contributed by atoms with Gasteiger partial charge in [-0.15, -0.1) is 0 Å². The number of pyridine rings is 1. The van der Waals surface area contributed by atoms with Gasteiger partial charge in [-0.25, -0.2) is 0 Å². The number of aromatic nitrogens is 1. The molecule has 2 heterocycles. The fourth-order valence-corrected chi connectivity index (χ4v) is 14.2. The molecule has 0 bridgehead atoms. The number of benzene rings is 4. The van der Waals surface area contributed by atoms with Crippen molar-refractivity contribution < 1.29 is 13.3 Å². The van der Waals surface area contributed by atoms with E-state index in [1.165, 1.54) is 26.6 Å². The van der Waals surface area contributed by atoms with Crippen molar-refractivity contribution in [3.63, 3.8) is 0 Å². The molecule has 0 atom stereocenters. The van der Waals surface area contributed by atoms with Crippen LogP contribution in [0.25, 0.3) is 44.6 Å². The molecule has 37 heavy (non-hydrogen) atoms. The van der Waals surface area contributed by atoms with E-state index in [0.29, 0.717) is 0 Å². The molecule has 1 nitrogen and oxygen atoms in total. The first-order valence-corrected chi connectivity index (χ1v) is 18.9. The quantitative estimate of drug-likeness (QED) is 0.170. The Bertz CT molecular complexity index is 1690. The standard InChI is InChI=1S/C33H28F2GeN/c1-21-13-15-26-27-16-17-28(35)31(24-12-8-11-23(19-24)22-9-6-5-7-10-22)33(27)36(2,3)32(26)30(21)29-18-14-25(34)20-37(29)4/h5-20H,1-4H3/q+1. The van der Waals surface area contributed by atoms with Gasteiger partial charge >= 0.3 is 220 Å². The second-order valence-electron chi connectivity index (χ2n) is 10.4. The van der Waals surface area contributed by atoms with E-state index in [0.717, 1.165) is 44.6 Å². The average Bonchev–Trinajstić information content (AvgIpc) is 3.12. The molecule has 0 aliphatic carbocycles. The normalized spacial score (nSPS) is 13.4. The molecule has 0 radical (unpaired) electrons. The second kappa shape index (κ2) is 8.77. The van der Waals surface area contributed by atoms with Crippen LogP contribution in [-0.4, -0.2) is 13.3 Å². The van der Waals surface area contributed by atoms with Crippen molar-refractivity contribution in [3.8, 4) is 44.6 Å². The number of rotatable bonds is 3. The number of hydrogen-bond donors (Lipinski definition) is 0. The van der Waals surface area contributed by atoms with Gasteiger partial charge in [-0.3, -0.25) is 0 Å². The summed E-state index contributed by atoms with van der Waals surface area (Å²) in [5, 5.41) is 0. The molecule has 1 aliphatic heterocycles. The van der Waals surface area contributed by atoms with Crippen molar-refractivity contribution >= 4 is 22.1 Å². The van der Waals surface area contributed by atoms with Crippen molar-refractivity contribution in [3.05, 3.63) is 114 Å². The molecule has 0 N–H and O–H groups in total. The van der Waals surface area contributed by atoms with E-state index >= 15 is 4.39 Å². The Labute approximate surface area is 219 Å². The van der Waals surface area contributed by atoms with Gasteiger partial charge in [0.05, 0.1) is 0 Å². The van der Waals surface area contributed by atoms with Gasteiger partial charge in [0, 0.05) is 0 Å². The first-order valence-electron chi connectivity index (χ1n) is 12.6. The summed E-state index contributed by atoms with van der Waals surface area (Å²) >= 11 is -3.04. The third-order valence-electron chi connectivity index (χ3n) is 7.72. The van der Waals surface area contributed by atoms with Gasteiger partial charge in [-0.1, -0.05) is 0 Å². The molecular weight excluding hydrogens is 521 g/mol. The van der Waals surface area contributed by atoms with E-state index in [1.807, 2.05) is 54.1 Å². The fourth-order valence-electron chi connectivity index (χ4n) is 6.09. The summed E-state index contributed by atoms with van der Waals surface area (Å²) in [5.74, 6) is 4.28. The summed E-state index contributed by atoms with van der Waals surface area (Å²) in [6, 6.07) is 29.8. The minimum atomic E-state index is -3.04. The Morgan fingerprint density at radius 3 is 2.03 bits per heavy atom. The summed E-state index contributed by atoms with van der Waals surface area (Å²) in [6.45, 7) is 2.12. The molecule has 0 spiro atoms. The maximum absolute atomic E-state index is 15.8. The van der Waals surface area contributed by atoms with Gasteiger partial charge < -0.3 is 0 Å². The van der Waals surface area contributed by atoms with E-state index in [9.17, 15) is 4.39 Å². The Morgan fingerprint density at radius 2 is 1.30 bits per heavy atom. The van der Waals surface area contributed by atoms with Crippen LogP contribution in [0.2, 0.25) is 11.5 Å². The summed E-state index contributed by atoms with van der Waals surface area (Å²) in [4.78, 5) is 0. The first-order chi connectivity index (χ1) is 17.8. The molecule has 0 amide bonds. The fraction of sp³-hybridized carbons (Fsp3) is 0.121. The van der Waals surface area contributed by atoms with E-state index in [4.69, 9.17) is 0 Å². The molecular formula is C33H28F2GeN+. The van der Waals surface area contributed by atoms with Crippen LogP contribution < -0.4 is 13.4 Å². The van der Waals surface area contributed by atoms with Crippen LogP contribution in [0.1, 0.15) is 5.56 Å². The zero-order valence-electron chi connectivity index (χ0n) is 21.4. The van der Waals surface area contributed by atoms with Gasteiger partial charge in [0.15, 0.2) is 0 Å². The second-order valence-corrected chi connectivity index (χ2v) is 19.4. The average molecular weight is 549 g/mol. The number of fused-ring (bicyclic) bond motifs is 3. The van der Waals surface area contributed by atoms with E-state index in [-0.39, 0.29) is 11.6 Å². The van der Waals surface area contributed by atoms with Gasteiger partial charge in [0.25, 0.3) is 0 Å². The zero-order valence-corrected chi connectivity index (χ0v) is 23.5. The van der Waals surface area contributed by atoms with Crippen LogP contribution in [0.3, 0.4) is 0 Å². The summed E-state index contributed by atoms with van der Waals surface area (Å²) in [7, 11) is 1.89. The molecule has 4 heteroatoms. The molecule has 1 aromatic heterocycles. The van der Waals surface area contributed by atoms with Crippen molar-refractivity contribution in [2.24, 2.45) is 7.05 Å². The molecule has 182 valence electrons. The first kappa shape index (κ1) is 23.8. The van der Waals surface area contributed by atoms with Gasteiger partial charge in [-0.05, 0) is 0 Å². The third-order valence-corrected chi connectivity index (χ3v) is 15.1. The van der Waals surface area contributed by atoms with Crippen LogP contribution in [0.4, 0.5) is 8.78 Å². The molecule has 1 aliphatic rings. The van der Waals surface area contributed by atoms with Crippen molar-refractivity contribution in [2.75, 3.05) is 0 Å². The van der Waals surface area contributed by atoms with Crippen molar-refractivity contribution in [2.45, 2.75) is 18.4 Å². The van der Waals surface area contributed by atoms with Crippen molar-refractivity contribution in [1.82, 2.24) is 0 Å². The van der Waals surface area contributed by atoms with Gasteiger partial charge in [0.1, 0.15) is 0 Å². The number of hydrogen-bond acceptors (Lipinski definition) is 0. The molecule has 0 saturated carbocycles. The Kier molecular flexibility index (Phi) is 5.65. The van der Waals surface area contributed by atoms with Crippen LogP contribution in [-0.2, 0) is 7.05 Å². The van der Waals surface area contributed by atoms with Crippen LogP contribution in [0.15, 0.2) is 97.2 Å². The molecule has 0 saturated heterocycles. The van der Waals surface area contributed by atoms with Crippen molar-refractivity contribution in [1.29, 1.82) is 0 Å². The van der Waals surface area contributed by atoms with Crippen LogP contribution in [0, 0.1) is 18.6 Å². The number of nitrogens with zero attached hydrogens (tertiary/aromatic N) is 1. The summed E-state index contributed by atoms with van der Waals surface area (Å²) in [6.07, 6.45) is 1.52. The SMILES string of the molecule is Cc1ccc2[c](c1-c1ccc(F)c[n+]1C)[Ge]([CH3])([CH3])[c]1c-2ccc(F)c1-c1cccc(-c2ccccc2)c1. The van der Waals surface area contributed by atoms with E-state index in [1.54, 1.807) is 6.07 Å². The monoisotopic (exact) mass is 550 g/mol. The van der Waals surface area contributed by atoms with E-state index in [2.05, 4.69) is 54.8 Å². The van der Waals surface area contributed by atoms with E-state index < -0.39 is 13.3 Å². The Hall–Kier alpha value is -3.57. The van der Waals surface area contributed by atoms with Gasteiger partial charge in [0.2, 0.25) is 0 Å². The summed E-state index contributed by atoms with van der Waals surface area (Å²) in [5.41, 5.74) is 9.43.